The Kier molecular flexibility index (Phi) is 12.9. The highest BCUT2D eigenvalue weighted by molar-refractivity contribution is 8.00. The van der Waals surface area contributed by atoms with Crippen molar-refractivity contribution < 1.29 is 23.4 Å². The monoisotopic (exact) mass is 603 g/mol. The molecule has 0 aliphatic heterocycles. The molecule has 0 bridgehead atoms. The Labute approximate surface area is 255 Å². The van der Waals surface area contributed by atoms with Crippen LogP contribution in [0.4, 0.5) is 21.7 Å². The van der Waals surface area contributed by atoms with E-state index in [2.05, 4.69) is 28.0 Å². The number of methoxy groups -OCH3 is 3. The van der Waals surface area contributed by atoms with Gasteiger partial charge in [-0.1, -0.05) is 24.8 Å². The maximum Gasteiger partial charge on any atom is 0.180 e. The number of carbonyl (C=O) groups is 1. The van der Waals surface area contributed by atoms with Crippen LogP contribution in [-0.2, 0) is 9.47 Å². The van der Waals surface area contributed by atoms with Gasteiger partial charge in [0.05, 0.1) is 37.9 Å². The van der Waals surface area contributed by atoms with Gasteiger partial charge in [0.15, 0.2) is 17.9 Å². The molecule has 0 saturated heterocycles. The lowest BCUT2D eigenvalue weighted by atomic mass is 10.2. The van der Waals surface area contributed by atoms with Gasteiger partial charge in [-0.05, 0) is 72.6 Å². The molecular formula is C32H34FN5O4S. The molecule has 0 fully saturated rings. The van der Waals surface area contributed by atoms with E-state index < -0.39 is 5.82 Å². The molecule has 0 atom stereocenters. The molecule has 11 heteroatoms. The molecular weight excluding hydrogens is 569 g/mol. The number of para-hydroxylation sites is 2. The summed E-state index contributed by atoms with van der Waals surface area (Å²) in [5.41, 5.74) is 2.90. The van der Waals surface area contributed by atoms with Crippen LogP contribution >= 0.6 is 11.9 Å². The number of benzene rings is 3. The molecule has 4 aromatic rings. The van der Waals surface area contributed by atoms with Crippen molar-refractivity contribution in [3.8, 4) is 5.75 Å². The SMILES string of the molecule is C=C/C(=C\C(=C/CNc1nc2ccccc2nc1NSc1cccc(NC)c1)OC)OC.COc1ccc(F)cc1C=O. The highest BCUT2D eigenvalue weighted by atomic mass is 32.2. The number of hydrogen-bond acceptors (Lipinski definition) is 10. The number of aldehydes is 1. The van der Waals surface area contributed by atoms with Gasteiger partial charge < -0.3 is 29.6 Å². The summed E-state index contributed by atoms with van der Waals surface area (Å²) in [6.07, 6.45) is 5.84. The molecule has 0 spiro atoms. The molecule has 0 amide bonds. The van der Waals surface area contributed by atoms with Crippen molar-refractivity contribution in [3.63, 3.8) is 0 Å². The molecule has 43 heavy (non-hydrogen) atoms. The predicted molar refractivity (Wildman–Crippen MR) is 172 cm³/mol. The van der Waals surface area contributed by atoms with Gasteiger partial charge in [-0.15, -0.1) is 0 Å². The summed E-state index contributed by atoms with van der Waals surface area (Å²) >= 11 is 1.47. The molecule has 0 saturated carbocycles. The van der Waals surface area contributed by atoms with Crippen LogP contribution in [-0.4, -0.2) is 51.2 Å². The molecule has 9 nitrogen and oxygen atoms in total. The first-order valence-corrected chi connectivity index (χ1v) is 13.9. The van der Waals surface area contributed by atoms with Crippen LogP contribution in [0.15, 0.2) is 108 Å². The number of rotatable bonds is 13. The summed E-state index contributed by atoms with van der Waals surface area (Å²) in [7, 11) is 6.53. The quantitative estimate of drug-likeness (QED) is 0.0634. The molecule has 224 valence electrons. The lowest BCUT2D eigenvalue weighted by molar-refractivity contribution is 0.112. The number of carbonyl (C=O) groups excluding carboxylic acids is 1. The van der Waals surface area contributed by atoms with Gasteiger partial charge in [0.25, 0.3) is 0 Å². The van der Waals surface area contributed by atoms with Gasteiger partial charge in [0.1, 0.15) is 23.1 Å². The summed E-state index contributed by atoms with van der Waals surface area (Å²) in [4.78, 5) is 20.9. The molecule has 0 radical (unpaired) electrons. The van der Waals surface area contributed by atoms with E-state index in [1.807, 2.05) is 55.6 Å². The molecule has 0 aliphatic carbocycles. The fourth-order valence-electron chi connectivity index (χ4n) is 3.61. The average Bonchev–Trinajstić information content (AvgIpc) is 3.05. The zero-order chi connectivity index (χ0) is 31.0. The first kappa shape index (κ1) is 32.5. The lowest BCUT2D eigenvalue weighted by Gasteiger charge is -2.13. The van der Waals surface area contributed by atoms with E-state index in [-0.39, 0.29) is 5.56 Å². The van der Waals surface area contributed by atoms with E-state index in [9.17, 15) is 9.18 Å². The third kappa shape index (κ3) is 9.79. The molecule has 0 aliphatic rings. The van der Waals surface area contributed by atoms with Crippen molar-refractivity contribution in [3.05, 3.63) is 114 Å². The van der Waals surface area contributed by atoms with Crippen molar-refractivity contribution in [1.82, 2.24) is 9.97 Å². The molecule has 4 rings (SSSR count). The first-order valence-electron chi connectivity index (χ1n) is 13.1. The largest absolute Gasteiger partial charge is 0.497 e. The van der Waals surface area contributed by atoms with Gasteiger partial charge >= 0.3 is 0 Å². The van der Waals surface area contributed by atoms with E-state index in [1.165, 1.54) is 31.2 Å². The van der Waals surface area contributed by atoms with Gasteiger partial charge in [0, 0.05) is 30.3 Å². The van der Waals surface area contributed by atoms with Crippen LogP contribution in [0.2, 0.25) is 0 Å². The minimum Gasteiger partial charge on any atom is -0.497 e. The van der Waals surface area contributed by atoms with E-state index >= 15 is 0 Å². The highest BCUT2D eigenvalue weighted by Crippen LogP contribution is 2.28. The molecule has 1 aromatic heterocycles. The Balaban J connectivity index is 0.000000386. The van der Waals surface area contributed by atoms with Crippen LogP contribution in [0.3, 0.4) is 0 Å². The number of halogens is 1. The molecule has 1 heterocycles. The zero-order valence-electron chi connectivity index (χ0n) is 24.4. The molecule has 3 aromatic carbocycles. The Bertz CT molecular complexity index is 1600. The number of anilines is 3. The summed E-state index contributed by atoms with van der Waals surface area (Å²) < 4.78 is 31.2. The topological polar surface area (TPSA) is 107 Å². The standard InChI is InChI=1S/C24H27N5O2S.C8H7FO2/c1-5-18(30-3)16-19(31-4)13-14-26-23-24(28-22-12-7-6-11-21(22)27-23)29-32-20-10-8-9-17(15-20)25-2;1-11-8-3-2-7(9)4-6(8)5-10/h5-13,15-16,25H,1,14H2,2-4H3,(H,26,27)(H,28,29);2-5H,1H3/b18-16+,19-13+;. The second kappa shape index (κ2) is 17.0. The minimum atomic E-state index is -0.437. The summed E-state index contributed by atoms with van der Waals surface area (Å²) in [5, 5.41) is 6.47. The van der Waals surface area contributed by atoms with Crippen LogP contribution in [0.25, 0.3) is 11.0 Å². The maximum absolute atomic E-state index is 12.5. The van der Waals surface area contributed by atoms with Crippen molar-refractivity contribution in [2.45, 2.75) is 4.90 Å². The Morgan fingerprint density at radius 3 is 2.30 bits per heavy atom. The minimum absolute atomic E-state index is 0.229. The fourth-order valence-corrected chi connectivity index (χ4v) is 4.29. The molecule has 0 unspecified atom stereocenters. The van der Waals surface area contributed by atoms with Crippen LogP contribution in [0.5, 0.6) is 5.75 Å². The number of fused-ring (bicyclic) bond motifs is 1. The lowest BCUT2D eigenvalue weighted by Crippen LogP contribution is -2.07. The Morgan fingerprint density at radius 1 is 0.953 bits per heavy atom. The van der Waals surface area contributed by atoms with E-state index in [1.54, 1.807) is 26.4 Å². The van der Waals surface area contributed by atoms with Crippen molar-refractivity contribution in [2.24, 2.45) is 0 Å². The zero-order valence-corrected chi connectivity index (χ0v) is 25.2. The number of ether oxygens (including phenoxy) is 3. The summed E-state index contributed by atoms with van der Waals surface area (Å²) in [6, 6.07) is 19.7. The van der Waals surface area contributed by atoms with Gasteiger partial charge in [-0.2, -0.15) is 0 Å². The van der Waals surface area contributed by atoms with Crippen molar-refractivity contribution in [1.29, 1.82) is 0 Å². The number of nitrogens with one attached hydrogen (secondary N) is 3. The number of allylic oxidation sites excluding steroid dienone is 2. The van der Waals surface area contributed by atoms with E-state index in [4.69, 9.17) is 24.2 Å². The highest BCUT2D eigenvalue weighted by Gasteiger charge is 2.09. The number of nitrogens with zero attached hydrogens (tertiary/aromatic N) is 2. The van der Waals surface area contributed by atoms with Crippen LogP contribution in [0.1, 0.15) is 10.4 Å². The van der Waals surface area contributed by atoms with Crippen LogP contribution in [0, 0.1) is 5.82 Å². The summed E-state index contributed by atoms with van der Waals surface area (Å²) in [6.45, 7) is 4.20. The molecule has 3 N–H and O–H groups in total. The van der Waals surface area contributed by atoms with Crippen molar-refractivity contribution in [2.75, 3.05) is 50.3 Å². The Morgan fingerprint density at radius 2 is 1.67 bits per heavy atom. The third-order valence-corrected chi connectivity index (χ3v) is 6.59. The first-order chi connectivity index (χ1) is 20.9. The van der Waals surface area contributed by atoms with Gasteiger partial charge in [-0.3, -0.25) is 4.79 Å². The number of aromatic nitrogens is 2. The van der Waals surface area contributed by atoms with Crippen LogP contribution < -0.4 is 20.1 Å². The smallest absolute Gasteiger partial charge is 0.180 e. The van der Waals surface area contributed by atoms with Crippen molar-refractivity contribution >= 4 is 46.6 Å². The summed E-state index contributed by atoms with van der Waals surface area (Å²) in [5.74, 6) is 2.51. The predicted octanol–water partition coefficient (Wildman–Crippen LogP) is 7.10. The average molecular weight is 604 g/mol. The third-order valence-electron chi connectivity index (χ3n) is 5.81. The van der Waals surface area contributed by atoms with Gasteiger partial charge in [-0.25, -0.2) is 14.4 Å². The second-order valence-corrected chi connectivity index (χ2v) is 9.42. The number of hydrogen-bond donors (Lipinski definition) is 3. The van der Waals surface area contributed by atoms with E-state index in [0.29, 0.717) is 41.7 Å². The second-order valence-electron chi connectivity index (χ2n) is 8.54. The fraction of sp³-hybridized carbons (Fsp3) is 0.156. The maximum atomic E-state index is 12.5. The Hall–Kier alpha value is -5.03. The normalized spacial score (nSPS) is 11.1. The van der Waals surface area contributed by atoms with E-state index in [0.717, 1.165) is 27.7 Å². The van der Waals surface area contributed by atoms with Gasteiger partial charge in [0.2, 0.25) is 0 Å².